The summed E-state index contributed by atoms with van der Waals surface area (Å²) < 4.78 is 20.4. The van der Waals surface area contributed by atoms with Crippen LogP contribution in [-0.4, -0.2) is 46.2 Å². The molecular formula is C24H26ClFN4O3. The van der Waals surface area contributed by atoms with Crippen LogP contribution in [0.1, 0.15) is 35.6 Å². The van der Waals surface area contributed by atoms with E-state index in [9.17, 15) is 14.0 Å². The summed E-state index contributed by atoms with van der Waals surface area (Å²) in [4.78, 5) is 26.7. The maximum Gasteiger partial charge on any atom is 0.260 e. The molecule has 0 aliphatic carbocycles. The van der Waals surface area contributed by atoms with E-state index < -0.39 is 0 Å². The van der Waals surface area contributed by atoms with Gasteiger partial charge in [0.2, 0.25) is 0 Å². The molecule has 9 heteroatoms. The van der Waals surface area contributed by atoms with E-state index in [1.165, 1.54) is 12.1 Å². The van der Waals surface area contributed by atoms with Crippen LogP contribution in [-0.2, 0) is 4.79 Å². The summed E-state index contributed by atoms with van der Waals surface area (Å²) >= 11 is 6.30. The van der Waals surface area contributed by atoms with Crippen molar-refractivity contribution < 1.29 is 18.7 Å². The number of amides is 2. The van der Waals surface area contributed by atoms with Crippen molar-refractivity contribution in [2.75, 3.05) is 25.0 Å². The van der Waals surface area contributed by atoms with Crippen molar-refractivity contribution in [1.29, 1.82) is 0 Å². The molecule has 0 saturated heterocycles. The lowest BCUT2D eigenvalue weighted by molar-refractivity contribution is -0.132. The molecule has 33 heavy (non-hydrogen) atoms. The normalized spacial score (nSPS) is 10.7. The van der Waals surface area contributed by atoms with Crippen molar-refractivity contribution in [2.24, 2.45) is 0 Å². The predicted molar refractivity (Wildman–Crippen MR) is 126 cm³/mol. The zero-order valence-corrected chi connectivity index (χ0v) is 19.7. The van der Waals surface area contributed by atoms with Crippen LogP contribution >= 0.6 is 11.6 Å². The van der Waals surface area contributed by atoms with Crippen LogP contribution in [0.3, 0.4) is 0 Å². The highest BCUT2D eigenvalue weighted by Gasteiger charge is 2.20. The first-order valence-corrected chi connectivity index (χ1v) is 11.0. The Morgan fingerprint density at radius 2 is 1.79 bits per heavy atom. The molecule has 2 aromatic carbocycles. The highest BCUT2D eigenvalue weighted by Crippen LogP contribution is 2.28. The lowest BCUT2D eigenvalue weighted by Gasteiger charge is -2.19. The number of halogens is 2. The number of aromatic nitrogens is 2. The Balaban J connectivity index is 1.73. The lowest BCUT2D eigenvalue weighted by Crippen LogP contribution is -2.34. The van der Waals surface area contributed by atoms with Gasteiger partial charge in [-0.3, -0.25) is 9.59 Å². The van der Waals surface area contributed by atoms with Crippen LogP contribution in [0.4, 0.5) is 10.1 Å². The molecule has 0 radical (unpaired) electrons. The molecule has 174 valence electrons. The van der Waals surface area contributed by atoms with Gasteiger partial charge in [-0.1, -0.05) is 11.6 Å². The lowest BCUT2D eigenvalue weighted by atomic mass is 10.1. The number of hydrogen-bond donors (Lipinski definition) is 1. The Kier molecular flexibility index (Phi) is 7.71. The summed E-state index contributed by atoms with van der Waals surface area (Å²) in [5.74, 6) is -0.469. The third-order valence-corrected chi connectivity index (χ3v) is 5.54. The molecule has 0 aliphatic rings. The minimum Gasteiger partial charge on any atom is -0.482 e. The minimum atomic E-state index is -0.347. The van der Waals surface area contributed by atoms with E-state index in [2.05, 4.69) is 10.4 Å². The second kappa shape index (κ2) is 10.5. The number of aryl methyl sites for hydroxylation is 1. The van der Waals surface area contributed by atoms with E-state index in [1.807, 2.05) is 13.8 Å². The second-order valence-corrected chi connectivity index (χ2v) is 7.80. The highest BCUT2D eigenvalue weighted by molar-refractivity contribution is 6.32. The first-order chi connectivity index (χ1) is 15.7. The van der Waals surface area contributed by atoms with Crippen molar-refractivity contribution in [1.82, 2.24) is 14.7 Å². The number of benzene rings is 2. The minimum absolute atomic E-state index is 0.117. The van der Waals surface area contributed by atoms with Crippen molar-refractivity contribution in [3.63, 3.8) is 0 Å². The number of carbonyl (C=O) groups is 2. The van der Waals surface area contributed by atoms with E-state index >= 15 is 0 Å². The van der Waals surface area contributed by atoms with Crippen LogP contribution < -0.4 is 10.1 Å². The van der Waals surface area contributed by atoms with Gasteiger partial charge in [0.05, 0.1) is 27.7 Å². The Bertz CT molecular complexity index is 1160. The van der Waals surface area contributed by atoms with E-state index in [0.29, 0.717) is 47.2 Å². The first-order valence-electron chi connectivity index (χ1n) is 10.6. The molecule has 0 atom stereocenters. The summed E-state index contributed by atoms with van der Waals surface area (Å²) in [5.41, 5.74) is 2.70. The summed E-state index contributed by atoms with van der Waals surface area (Å²) in [6.45, 7) is 8.40. The molecule has 0 unspecified atom stereocenters. The average Bonchev–Trinajstić information content (AvgIpc) is 3.08. The number of anilines is 1. The van der Waals surface area contributed by atoms with Gasteiger partial charge in [0.25, 0.3) is 11.8 Å². The molecule has 2 amide bonds. The maximum absolute atomic E-state index is 13.2. The third-order valence-electron chi connectivity index (χ3n) is 5.25. The van der Waals surface area contributed by atoms with E-state index in [1.54, 1.807) is 53.8 Å². The zero-order valence-electron chi connectivity index (χ0n) is 19.0. The summed E-state index contributed by atoms with van der Waals surface area (Å²) in [5, 5.41) is 7.51. The predicted octanol–water partition coefficient (Wildman–Crippen LogP) is 4.78. The Morgan fingerprint density at radius 3 is 2.39 bits per heavy atom. The van der Waals surface area contributed by atoms with E-state index in [-0.39, 0.29) is 29.3 Å². The van der Waals surface area contributed by atoms with Crippen molar-refractivity contribution in [2.45, 2.75) is 27.7 Å². The third kappa shape index (κ3) is 5.51. The van der Waals surface area contributed by atoms with Crippen molar-refractivity contribution in [3.8, 4) is 11.4 Å². The molecule has 3 aromatic rings. The molecule has 0 bridgehead atoms. The molecule has 3 rings (SSSR count). The monoisotopic (exact) mass is 472 g/mol. The molecule has 0 spiro atoms. The van der Waals surface area contributed by atoms with Crippen LogP contribution in [0.5, 0.6) is 5.75 Å². The number of ether oxygens (including phenoxy) is 1. The van der Waals surface area contributed by atoms with Crippen LogP contribution in [0.25, 0.3) is 5.69 Å². The second-order valence-electron chi connectivity index (χ2n) is 7.39. The number of hydrogen-bond acceptors (Lipinski definition) is 4. The number of likely N-dealkylation sites (N-methyl/N-ethyl adjacent to an activating group) is 1. The summed E-state index contributed by atoms with van der Waals surface area (Å²) in [7, 11) is 0. The van der Waals surface area contributed by atoms with Gasteiger partial charge in [0, 0.05) is 18.8 Å². The van der Waals surface area contributed by atoms with Gasteiger partial charge in [-0.2, -0.15) is 5.10 Å². The molecule has 1 heterocycles. The van der Waals surface area contributed by atoms with Gasteiger partial charge in [0.15, 0.2) is 6.61 Å². The quantitative estimate of drug-likeness (QED) is 0.511. The van der Waals surface area contributed by atoms with Gasteiger partial charge >= 0.3 is 0 Å². The van der Waals surface area contributed by atoms with Gasteiger partial charge in [0.1, 0.15) is 11.6 Å². The summed E-state index contributed by atoms with van der Waals surface area (Å²) in [6.07, 6.45) is 0. The van der Waals surface area contributed by atoms with Gasteiger partial charge in [-0.05, 0) is 70.2 Å². The molecule has 0 aliphatic heterocycles. The van der Waals surface area contributed by atoms with E-state index in [4.69, 9.17) is 16.3 Å². The average molecular weight is 473 g/mol. The molecule has 1 aromatic heterocycles. The first kappa shape index (κ1) is 24.3. The topological polar surface area (TPSA) is 76.5 Å². The van der Waals surface area contributed by atoms with Gasteiger partial charge in [-0.25, -0.2) is 9.07 Å². The fourth-order valence-corrected chi connectivity index (χ4v) is 3.74. The number of carbonyl (C=O) groups excluding carboxylic acids is 2. The largest absolute Gasteiger partial charge is 0.482 e. The van der Waals surface area contributed by atoms with E-state index in [0.717, 1.165) is 0 Å². The van der Waals surface area contributed by atoms with Crippen LogP contribution in [0, 0.1) is 19.7 Å². The summed E-state index contributed by atoms with van der Waals surface area (Å²) in [6, 6.07) is 10.7. The molecule has 1 N–H and O–H groups in total. The molecule has 7 nitrogen and oxygen atoms in total. The molecular weight excluding hydrogens is 447 g/mol. The zero-order chi connectivity index (χ0) is 24.1. The van der Waals surface area contributed by atoms with Gasteiger partial charge in [-0.15, -0.1) is 0 Å². The van der Waals surface area contributed by atoms with Crippen molar-refractivity contribution in [3.05, 3.63) is 70.3 Å². The molecule has 0 saturated carbocycles. The Morgan fingerprint density at radius 1 is 1.12 bits per heavy atom. The highest BCUT2D eigenvalue weighted by atomic mass is 35.5. The number of nitrogens with one attached hydrogen (secondary N) is 1. The standard InChI is InChI=1S/C24H26ClFN4O3/c1-5-29(6-2)22(31)14-33-21-12-9-18(13-20(21)25)27-24(32)23-15(3)28-30(16(23)4)19-10-7-17(26)8-11-19/h7-13H,5-6,14H2,1-4H3,(H,27,32). The Labute approximate surface area is 197 Å². The SMILES string of the molecule is CCN(CC)C(=O)COc1ccc(NC(=O)c2c(C)nn(-c3ccc(F)cc3)c2C)cc1Cl. The molecule has 0 fully saturated rings. The maximum atomic E-state index is 13.2. The van der Waals surface area contributed by atoms with Crippen LogP contribution in [0.15, 0.2) is 42.5 Å². The smallest absolute Gasteiger partial charge is 0.260 e. The van der Waals surface area contributed by atoms with Crippen LogP contribution in [0.2, 0.25) is 5.02 Å². The number of rotatable bonds is 8. The van der Waals surface area contributed by atoms with Crippen molar-refractivity contribution >= 4 is 29.1 Å². The number of nitrogens with zero attached hydrogens (tertiary/aromatic N) is 3. The Hall–Kier alpha value is -3.39. The van der Waals surface area contributed by atoms with Gasteiger partial charge < -0.3 is 15.0 Å². The fraction of sp³-hybridized carbons (Fsp3) is 0.292. The fourth-order valence-electron chi connectivity index (χ4n) is 3.50.